The molecule has 112 valence electrons. The van der Waals surface area contributed by atoms with Crippen LogP contribution >= 0.6 is 0 Å². The van der Waals surface area contributed by atoms with Crippen molar-refractivity contribution in [2.45, 2.75) is 39.3 Å². The van der Waals surface area contributed by atoms with Crippen molar-refractivity contribution in [3.8, 4) is 5.88 Å². The third-order valence-electron chi connectivity index (χ3n) is 3.78. The molecule has 1 unspecified atom stereocenters. The van der Waals surface area contributed by atoms with Crippen molar-refractivity contribution in [1.29, 1.82) is 0 Å². The number of pyridine rings is 1. The highest BCUT2D eigenvalue weighted by atomic mass is 16.5. The summed E-state index contributed by atoms with van der Waals surface area (Å²) in [6, 6.07) is 13.2. The number of aryl methyl sites for hydroxylation is 1. The van der Waals surface area contributed by atoms with E-state index in [2.05, 4.69) is 48.4 Å². The number of ether oxygens (including phenoxy) is 1. The van der Waals surface area contributed by atoms with Gasteiger partial charge in [-0.05, 0) is 30.0 Å². The van der Waals surface area contributed by atoms with Crippen LogP contribution in [0.1, 0.15) is 43.0 Å². The Balaban J connectivity index is 2.04. The molecule has 0 saturated carbocycles. The Bertz CT molecular complexity index is 551. The van der Waals surface area contributed by atoms with Crippen LogP contribution in [-0.4, -0.2) is 12.1 Å². The molecule has 0 saturated heterocycles. The summed E-state index contributed by atoms with van der Waals surface area (Å²) in [6.45, 7) is 5.14. The van der Waals surface area contributed by atoms with Gasteiger partial charge in [0.1, 0.15) is 0 Å². The van der Waals surface area contributed by atoms with E-state index in [9.17, 15) is 0 Å². The predicted molar refractivity (Wildman–Crippen MR) is 86.5 cm³/mol. The first-order valence-corrected chi connectivity index (χ1v) is 7.58. The van der Waals surface area contributed by atoms with Gasteiger partial charge in [0.25, 0.3) is 0 Å². The van der Waals surface area contributed by atoms with Gasteiger partial charge in [0.2, 0.25) is 5.88 Å². The molecule has 2 aromatic rings. The summed E-state index contributed by atoms with van der Waals surface area (Å²) in [5, 5.41) is 3.59. The molecule has 1 N–H and O–H groups in total. The van der Waals surface area contributed by atoms with E-state index in [1.54, 1.807) is 13.3 Å². The smallest absolute Gasteiger partial charge is 0.217 e. The van der Waals surface area contributed by atoms with E-state index in [1.807, 2.05) is 12.1 Å². The van der Waals surface area contributed by atoms with Gasteiger partial charge in [-0.25, -0.2) is 4.98 Å². The topological polar surface area (TPSA) is 34.2 Å². The maximum absolute atomic E-state index is 5.30. The van der Waals surface area contributed by atoms with E-state index in [0.29, 0.717) is 11.9 Å². The van der Waals surface area contributed by atoms with Crippen molar-refractivity contribution >= 4 is 0 Å². The highest BCUT2D eigenvalue weighted by molar-refractivity contribution is 5.27. The summed E-state index contributed by atoms with van der Waals surface area (Å²) in [6.07, 6.45) is 3.88. The molecule has 0 aliphatic heterocycles. The lowest BCUT2D eigenvalue weighted by Gasteiger charge is -2.18. The Morgan fingerprint density at radius 2 is 1.90 bits per heavy atom. The molecule has 0 bridgehead atoms. The molecule has 1 aromatic carbocycles. The first kappa shape index (κ1) is 15.5. The maximum Gasteiger partial charge on any atom is 0.217 e. The summed E-state index contributed by atoms with van der Waals surface area (Å²) >= 11 is 0. The largest absolute Gasteiger partial charge is 0.481 e. The van der Waals surface area contributed by atoms with E-state index in [1.165, 1.54) is 11.1 Å². The van der Waals surface area contributed by atoms with Crippen LogP contribution in [0, 0.1) is 0 Å². The lowest BCUT2D eigenvalue weighted by molar-refractivity contribution is 0.388. The van der Waals surface area contributed by atoms with Crippen LogP contribution in [0.15, 0.2) is 42.6 Å². The van der Waals surface area contributed by atoms with Gasteiger partial charge in [-0.1, -0.05) is 44.2 Å². The highest BCUT2D eigenvalue weighted by Crippen LogP contribution is 2.20. The van der Waals surface area contributed by atoms with Gasteiger partial charge in [-0.2, -0.15) is 0 Å². The third-order valence-corrected chi connectivity index (χ3v) is 3.78. The van der Waals surface area contributed by atoms with E-state index in [-0.39, 0.29) is 0 Å². The average Bonchev–Trinajstić information content (AvgIpc) is 2.56. The molecule has 0 fully saturated rings. The number of hydrogen-bond acceptors (Lipinski definition) is 3. The Labute approximate surface area is 127 Å². The molecule has 0 aliphatic rings. The maximum atomic E-state index is 5.30. The first-order chi connectivity index (χ1) is 10.3. The Hall–Kier alpha value is -1.87. The van der Waals surface area contributed by atoms with Crippen LogP contribution in [0.5, 0.6) is 5.88 Å². The minimum absolute atomic E-state index is 0.348. The Kier molecular flexibility index (Phi) is 5.76. The normalized spacial score (nSPS) is 12.1. The summed E-state index contributed by atoms with van der Waals surface area (Å²) in [5.74, 6) is 0.696. The fourth-order valence-corrected chi connectivity index (χ4v) is 2.46. The lowest BCUT2D eigenvalue weighted by atomic mass is 10.0. The van der Waals surface area contributed by atoms with E-state index in [4.69, 9.17) is 4.74 Å². The monoisotopic (exact) mass is 284 g/mol. The van der Waals surface area contributed by atoms with E-state index >= 15 is 0 Å². The molecular formula is C18H24N2O. The second-order valence-corrected chi connectivity index (χ2v) is 5.11. The zero-order valence-electron chi connectivity index (χ0n) is 13.1. The lowest BCUT2D eigenvalue weighted by Crippen LogP contribution is -2.20. The van der Waals surface area contributed by atoms with Crippen LogP contribution in [0.3, 0.4) is 0 Å². The summed E-state index contributed by atoms with van der Waals surface area (Å²) < 4.78 is 5.30. The minimum Gasteiger partial charge on any atom is -0.481 e. The van der Waals surface area contributed by atoms with Crippen LogP contribution in [-0.2, 0) is 13.0 Å². The van der Waals surface area contributed by atoms with Crippen molar-refractivity contribution in [1.82, 2.24) is 10.3 Å². The number of nitrogens with zero attached hydrogens (tertiary/aromatic N) is 1. The Morgan fingerprint density at radius 3 is 2.52 bits per heavy atom. The third kappa shape index (κ3) is 4.05. The van der Waals surface area contributed by atoms with E-state index < -0.39 is 0 Å². The number of aromatic nitrogens is 1. The second-order valence-electron chi connectivity index (χ2n) is 5.11. The Morgan fingerprint density at radius 1 is 1.14 bits per heavy atom. The quantitative estimate of drug-likeness (QED) is 0.837. The van der Waals surface area contributed by atoms with Crippen molar-refractivity contribution in [3.05, 3.63) is 59.3 Å². The number of rotatable bonds is 7. The SMILES string of the molecule is CCc1ccc(C(CC)NCc2cccnc2OC)cc1. The van der Waals surface area contributed by atoms with Crippen LogP contribution in [0.25, 0.3) is 0 Å². The van der Waals surface area contributed by atoms with Gasteiger partial charge < -0.3 is 10.1 Å². The fraction of sp³-hybridized carbons (Fsp3) is 0.389. The van der Waals surface area contributed by atoms with Crippen LogP contribution in [0.2, 0.25) is 0 Å². The average molecular weight is 284 g/mol. The molecule has 0 radical (unpaired) electrons. The van der Waals surface area contributed by atoms with Gasteiger partial charge >= 0.3 is 0 Å². The molecule has 21 heavy (non-hydrogen) atoms. The van der Waals surface area contributed by atoms with Crippen LogP contribution in [0.4, 0.5) is 0 Å². The van der Waals surface area contributed by atoms with Gasteiger partial charge in [0.05, 0.1) is 7.11 Å². The van der Waals surface area contributed by atoms with E-state index in [0.717, 1.165) is 24.9 Å². The zero-order chi connectivity index (χ0) is 15.1. The van der Waals surface area contributed by atoms with Gasteiger partial charge in [0, 0.05) is 24.3 Å². The van der Waals surface area contributed by atoms with Crippen molar-refractivity contribution in [2.24, 2.45) is 0 Å². The molecule has 1 heterocycles. The minimum atomic E-state index is 0.348. The molecule has 0 aliphatic carbocycles. The van der Waals surface area contributed by atoms with Crippen LogP contribution < -0.4 is 10.1 Å². The molecule has 1 aromatic heterocycles. The second kappa shape index (κ2) is 7.79. The molecule has 3 nitrogen and oxygen atoms in total. The molecule has 3 heteroatoms. The summed E-state index contributed by atoms with van der Waals surface area (Å²) in [4.78, 5) is 4.23. The fourth-order valence-electron chi connectivity index (χ4n) is 2.46. The van der Waals surface area contributed by atoms with Gasteiger partial charge in [-0.15, -0.1) is 0 Å². The molecule has 1 atom stereocenters. The number of methoxy groups -OCH3 is 1. The highest BCUT2D eigenvalue weighted by Gasteiger charge is 2.10. The molecule has 0 spiro atoms. The van der Waals surface area contributed by atoms with Gasteiger partial charge in [0.15, 0.2) is 0 Å². The van der Waals surface area contributed by atoms with Crippen molar-refractivity contribution in [2.75, 3.05) is 7.11 Å². The molecule has 2 rings (SSSR count). The number of hydrogen-bond donors (Lipinski definition) is 1. The molecule has 0 amide bonds. The van der Waals surface area contributed by atoms with Crippen molar-refractivity contribution in [3.63, 3.8) is 0 Å². The molecular weight excluding hydrogens is 260 g/mol. The first-order valence-electron chi connectivity index (χ1n) is 7.58. The van der Waals surface area contributed by atoms with Gasteiger partial charge in [-0.3, -0.25) is 0 Å². The standard InChI is InChI=1S/C18H24N2O/c1-4-14-8-10-15(11-9-14)17(5-2)20-13-16-7-6-12-19-18(16)21-3/h6-12,17,20H,4-5,13H2,1-3H3. The number of nitrogens with one attached hydrogen (secondary N) is 1. The number of benzene rings is 1. The summed E-state index contributed by atoms with van der Waals surface area (Å²) in [5.41, 5.74) is 3.80. The zero-order valence-corrected chi connectivity index (χ0v) is 13.1. The summed E-state index contributed by atoms with van der Waals surface area (Å²) in [7, 11) is 1.66. The van der Waals surface area contributed by atoms with Crippen molar-refractivity contribution < 1.29 is 4.74 Å². The predicted octanol–water partition coefficient (Wildman–Crippen LogP) is 3.89.